The van der Waals surface area contributed by atoms with Crippen LogP contribution in [-0.2, 0) is 4.74 Å². The maximum Gasteiger partial charge on any atom is 0.134 e. The minimum Gasteiger partial charge on any atom is -0.372 e. The molecule has 0 bridgehead atoms. The number of aromatic nitrogens is 2. The van der Waals surface area contributed by atoms with Gasteiger partial charge in [0, 0.05) is 19.2 Å². The summed E-state index contributed by atoms with van der Waals surface area (Å²) in [5, 5.41) is 0.479. The number of anilines is 1. The van der Waals surface area contributed by atoms with Gasteiger partial charge in [0.15, 0.2) is 0 Å². The van der Waals surface area contributed by atoms with Crippen LogP contribution in [0.25, 0.3) is 0 Å². The second kappa shape index (κ2) is 4.33. The van der Waals surface area contributed by atoms with E-state index in [0.29, 0.717) is 5.15 Å². The molecule has 0 spiro atoms. The molecule has 0 amide bonds. The summed E-state index contributed by atoms with van der Waals surface area (Å²) >= 11 is 5.83. The SMILES string of the molecule is CC1CN(c2cc(Cl)ncn2)CC(C)O1. The zero-order valence-electron chi connectivity index (χ0n) is 8.85. The first-order chi connectivity index (χ1) is 7.15. The second-order valence-corrected chi connectivity index (χ2v) is 4.25. The van der Waals surface area contributed by atoms with Crippen molar-refractivity contribution in [3.63, 3.8) is 0 Å². The maximum absolute atomic E-state index is 5.83. The third-order valence-corrected chi connectivity index (χ3v) is 2.57. The Morgan fingerprint density at radius 3 is 2.60 bits per heavy atom. The average molecular weight is 228 g/mol. The molecule has 1 aliphatic rings. The van der Waals surface area contributed by atoms with Crippen molar-refractivity contribution in [1.29, 1.82) is 0 Å². The fourth-order valence-electron chi connectivity index (χ4n) is 1.86. The Labute approximate surface area is 94.2 Å². The molecule has 0 aliphatic carbocycles. The highest BCUT2D eigenvalue weighted by molar-refractivity contribution is 6.29. The van der Waals surface area contributed by atoms with Gasteiger partial charge in [-0.2, -0.15) is 0 Å². The van der Waals surface area contributed by atoms with Crippen molar-refractivity contribution in [2.75, 3.05) is 18.0 Å². The van der Waals surface area contributed by atoms with Crippen LogP contribution in [0.4, 0.5) is 5.82 Å². The van der Waals surface area contributed by atoms with Gasteiger partial charge >= 0.3 is 0 Å². The lowest BCUT2D eigenvalue weighted by atomic mass is 10.2. The van der Waals surface area contributed by atoms with E-state index in [2.05, 4.69) is 28.7 Å². The third kappa shape index (κ3) is 2.58. The van der Waals surface area contributed by atoms with Crippen molar-refractivity contribution in [2.45, 2.75) is 26.1 Å². The van der Waals surface area contributed by atoms with Crippen molar-refractivity contribution >= 4 is 17.4 Å². The van der Waals surface area contributed by atoms with Crippen molar-refractivity contribution < 1.29 is 4.74 Å². The van der Waals surface area contributed by atoms with Gasteiger partial charge in [0.25, 0.3) is 0 Å². The summed E-state index contributed by atoms with van der Waals surface area (Å²) in [7, 11) is 0. The monoisotopic (exact) mass is 227 g/mol. The van der Waals surface area contributed by atoms with Crippen molar-refractivity contribution in [2.24, 2.45) is 0 Å². The molecule has 0 saturated carbocycles. The van der Waals surface area contributed by atoms with Crippen LogP contribution in [0.5, 0.6) is 0 Å². The van der Waals surface area contributed by atoms with Crippen molar-refractivity contribution in [1.82, 2.24) is 9.97 Å². The molecule has 2 unspecified atom stereocenters. The van der Waals surface area contributed by atoms with E-state index in [1.165, 1.54) is 6.33 Å². The maximum atomic E-state index is 5.83. The third-order valence-electron chi connectivity index (χ3n) is 2.36. The van der Waals surface area contributed by atoms with E-state index < -0.39 is 0 Å². The van der Waals surface area contributed by atoms with Crippen LogP contribution in [-0.4, -0.2) is 35.3 Å². The molecular weight excluding hydrogens is 214 g/mol. The van der Waals surface area contributed by atoms with Gasteiger partial charge in [-0.1, -0.05) is 11.6 Å². The quantitative estimate of drug-likeness (QED) is 0.685. The molecule has 0 aromatic carbocycles. The summed E-state index contributed by atoms with van der Waals surface area (Å²) in [5.74, 6) is 0.872. The number of rotatable bonds is 1. The molecule has 1 fully saturated rings. The van der Waals surface area contributed by atoms with Gasteiger partial charge in [-0.3, -0.25) is 0 Å². The lowest BCUT2D eigenvalue weighted by Crippen LogP contribution is -2.45. The average Bonchev–Trinajstić information content (AvgIpc) is 2.16. The summed E-state index contributed by atoms with van der Waals surface area (Å²) in [4.78, 5) is 10.2. The van der Waals surface area contributed by atoms with E-state index in [1.54, 1.807) is 6.07 Å². The summed E-state index contributed by atoms with van der Waals surface area (Å²) in [6.45, 7) is 5.81. The van der Waals surface area contributed by atoms with Crippen LogP contribution in [0.3, 0.4) is 0 Å². The number of morpholine rings is 1. The molecule has 4 nitrogen and oxygen atoms in total. The van der Waals surface area contributed by atoms with Gasteiger partial charge in [0.2, 0.25) is 0 Å². The van der Waals surface area contributed by atoms with Crippen molar-refractivity contribution in [3.05, 3.63) is 17.5 Å². The summed E-state index contributed by atoms with van der Waals surface area (Å²) in [6, 6.07) is 1.78. The number of hydrogen-bond acceptors (Lipinski definition) is 4. The van der Waals surface area contributed by atoms with Crippen LogP contribution in [0.2, 0.25) is 5.15 Å². The first-order valence-electron chi connectivity index (χ1n) is 5.03. The molecular formula is C10H14ClN3O. The van der Waals surface area contributed by atoms with E-state index in [9.17, 15) is 0 Å². The molecule has 1 saturated heterocycles. The molecule has 82 valence electrons. The molecule has 2 atom stereocenters. The smallest absolute Gasteiger partial charge is 0.134 e. The minimum absolute atomic E-state index is 0.225. The molecule has 2 heterocycles. The molecule has 1 aromatic rings. The Kier molecular flexibility index (Phi) is 3.07. The van der Waals surface area contributed by atoms with E-state index >= 15 is 0 Å². The Morgan fingerprint density at radius 2 is 2.00 bits per heavy atom. The van der Waals surface area contributed by atoms with E-state index in [4.69, 9.17) is 16.3 Å². The Bertz CT molecular complexity index is 337. The number of hydrogen-bond donors (Lipinski definition) is 0. The van der Waals surface area contributed by atoms with Crippen LogP contribution in [0.1, 0.15) is 13.8 Å². The zero-order valence-corrected chi connectivity index (χ0v) is 9.61. The molecule has 0 radical (unpaired) electrons. The van der Waals surface area contributed by atoms with Gasteiger partial charge < -0.3 is 9.64 Å². The number of nitrogens with zero attached hydrogens (tertiary/aromatic N) is 3. The lowest BCUT2D eigenvalue weighted by Gasteiger charge is -2.35. The highest BCUT2D eigenvalue weighted by Gasteiger charge is 2.23. The zero-order chi connectivity index (χ0) is 10.8. The number of halogens is 1. The lowest BCUT2D eigenvalue weighted by molar-refractivity contribution is -0.00546. The molecule has 0 N–H and O–H groups in total. The summed E-state index contributed by atoms with van der Waals surface area (Å²) in [5.41, 5.74) is 0. The second-order valence-electron chi connectivity index (χ2n) is 3.86. The fraction of sp³-hybridized carbons (Fsp3) is 0.600. The topological polar surface area (TPSA) is 38.2 Å². The fourth-order valence-corrected chi connectivity index (χ4v) is 2.00. The Balaban J connectivity index is 2.16. The van der Waals surface area contributed by atoms with Gasteiger partial charge in [0.1, 0.15) is 17.3 Å². The standard InChI is InChI=1S/C10H14ClN3O/c1-7-4-14(5-8(2)15-7)10-3-9(11)12-6-13-10/h3,6-8H,4-5H2,1-2H3. The van der Waals surface area contributed by atoms with Gasteiger partial charge in [0.05, 0.1) is 12.2 Å². The normalized spacial score (nSPS) is 26.7. The van der Waals surface area contributed by atoms with E-state index in [-0.39, 0.29) is 12.2 Å². The van der Waals surface area contributed by atoms with Crippen LogP contribution < -0.4 is 4.90 Å². The highest BCUT2D eigenvalue weighted by atomic mass is 35.5. The Morgan fingerprint density at radius 1 is 1.33 bits per heavy atom. The van der Waals surface area contributed by atoms with E-state index in [1.807, 2.05) is 0 Å². The molecule has 15 heavy (non-hydrogen) atoms. The summed E-state index contributed by atoms with van der Waals surface area (Å²) in [6.07, 6.45) is 1.94. The molecule has 1 aromatic heterocycles. The summed E-state index contributed by atoms with van der Waals surface area (Å²) < 4.78 is 5.65. The Hall–Kier alpha value is -0.870. The van der Waals surface area contributed by atoms with Gasteiger partial charge in [-0.15, -0.1) is 0 Å². The minimum atomic E-state index is 0.225. The van der Waals surface area contributed by atoms with E-state index in [0.717, 1.165) is 18.9 Å². The molecule has 5 heteroatoms. The predicted octanol–water partition coefficient (Wildman–Crippen LogP) is 1.74. The van der Waals surface area contributed by atoms with Crippen molar-refractivity contribution in [3.8, 4) is 0 Å². The predicted molar refractivity (Wildman–Crippen MR) is 59.3 cm³/mol. The van der Waals surface area contributed by atoms with Crippen LogP contribution in [0.15, 0.2) is 12.4 Å². The van der Waals surface area contributed by atoms with Gasteiger partial charge in [-0.05, 0) is 13.8 Å². The largest absolute Gasteiger partial charge is 0.372 e. The molecule has 2 rings (SSSR count). The first kappa shape index (κ1) is 10.6. The van der Waals surface area contributed by atoms with Crippen LogP contribution >= 0.6 is 11.6 Å². The van der Waals surface area contributed by atoms with Gasteiger partial charge in [-0.25, -0.2) is 9.97 Å². The first-order valence-corrected chi connectivity index (χ1v) is 5.41. The van der Waals surface area contributed by atoms with Crippen LogP contribution in [0, 0.1) is 0 Å². The molecule has 1 aliphatic heterocycles. The highest BCUT2D eigenvalue weighted by Crippen LogP contribution is 2.19. The number of ether oxygens (including phenoxy) is 1.